The number of carboxylic acid groups (broad SMARTS) is 2. The highest BCUT2D eigenvalue weighted by atomic mass is 16.4. The first-order chi connectivity index (χ1) is 14.5. The summed E-state index contributed by atoms with van der Waals surface area (Å²) in [7, 11) is 0. The lowest BCUT2D eigenvalue weighted by Crippen LogP contribution is -2.23. The van der Waals surface area contributed by atoms with Crippen molar-refractivity contribution in [2.75, 3.05) is 0 Å². The molecule has 1 saturated carbocycles. The van der Waals surface area contributed by atoms with Crippen LogP contribution in [-0.4, -0.2) is 37.5 Å². The molecule has 0 heterocycles. The average Bonchev–Trinajstić information content (AvgIpc) is 3.49. The summed E-state index contributed by atoms with van der Waals surface area (Å²) in [6, 6.07) is 1.73. The lowest BCUT2D eigenvalue weighted by Gasteiger charge is -2.18. The van der Waals surface area contributed by atoms with Crippen LogP contribution in [0, 0.1) is 10.8 Å². The fourth-order valence-electron chi connectivity index (χ4n) is 3.99. The minimum Gasteiger partial charge on any atom is -0.504 e. The Morgan fingerprint density at radius 2 is 1.35 bits per heavy atom. The van der Waals surface area contributed by atoms with Gasteiger partial charge in [0.1, 0.15) is 0 Å². The van der Waals surface area contributed by atoms with E-state index < -0.39 is 28.5 Å². The molecule has 7 heteroatoms. The van der Waals surface area contributed by atoms with Gasteiger partial charge >= 0.3 is 11.9 Å². The monoisotopic (exact) mass is 436 g/mol. The van der Waals surface area contributed by atoms with E-state index in [4.69, 9.17) is 5.11 Å². The predicted molar refractivity (Wildman–Crippen MR) is 117 cm³/mol. The number of hydrogen-bond donors (Lipinski definition) is 5. The molecule has 0 amide bonds. The van der Waals surface area contributed by atoms with Crippen LogP contribution in [0.1, 0.15) is 89.2 Å². The van der Waals surface area contributed by atoms with Gasteiger partial charge in [-0.25, -0.2) is 0 Å². The number of aliphatic carboxylic acids is 2. The summed E-state index contributed by atoms with van der Waals surface area (Å²) in [5.74, 6) is -2.61. The molecule has 1 fully saturated rings. The summed E-state index contributed by atoms with van der Waals surface area (Å²) < 4.78 is 0. The Morgan fingerprint density at radius 3 is 1.81 bits per heavy atom. The third-order valence-electron chi connectivity index (χ3n) is 6.64. The van der Waals surface area contributed by atoms with Crippen molar-refractivity contribution >= 4 is 11.9 Å². The number of carboxylic acids is 2. The van der Waals surface area contributed by atoms with Crippen LogP contribution in [0.25, 0.3) is 0 Å². The maximum absolute atomic E-state index is 11.2. The van der Waals surface area contributed by atoms with Gasteiger partial charge in [0, 0.05) is 0 Å². The van der Waals surface area contributed by atoms with Crippen molar-refractivity contribution in [2.24, 2.45) is 10.8 Å². The van der Waals surface area contributed by atoms with E-state index in [1.807, 2.05) is 0 Å². The van der Waals surface area contributed by atoms with Gasteiger partial charge in [0.05, 0.1) is 10.8 Å². The van der Waals surface area contributed by atoms with Crippen molar-refractivity contribution in [2.45, 2.75) is 90.9 Å². The van der Waals surface area contributed by atoms with E-state index in [-0.39, 0.29) is 11.5 Å². The van der Waals surface area contributed by atoms with Crippen LogP contribution in [-0.2, 0) is 22.4 Å². The van der Waals surface area contributed by atoms with E-state index >= 15 is 0 Å². The number of hydrogen-bond acceptors (Lipinski definition) is 5. The van der Waals surface area contributed by atoms with Gasteiger partial charge in [-0.1, -0.05) is 25.7 Å². The Morgan fingerprint density at radius 1 is 0.839 bits per heavy atom. The van der Waals surface area contributed by atoms with Crippen molar-refractivity contribution in [3.63, 3.8) is 0 Å². The zero-order valence-corrected chi connectivity index (χ0v) is 18.6. The molecule has 0 aliphatic heterocycles. The smallest absolute Gasteiger partial charge is 0.309 e. The number of unbranched alkanes of at least 4 members (excludes halogenated alkanes) is 4. The second-order valence-electron chi connectivity index (χ2n) is 9.64. The van der Waals surface area contributed by atoms with E-state index in [2.05, 4.69) is 0 Å². The van der Waals surface area contributed by atoms with Crippen LogP contribution in [0.15, 0.2) is 6.07 Å². The number of benzene rings is 1. The van der Waals surface area contributed by atoms with Gasteiger partial charge in [0.25, 0.3) is 0 Å². The minimum atomic E-state index is -0.812. The molecular weight excluding hydrogens is 400 g/mol. The Bertz CT molecular complexity index is 743. The highest BCUT2D eigenvalue weighted by Crippen LogP contribution is 2.50. The summed E-state index contributed by atoms with van der Waals surface area (Å²) in [5.41, 5.74) is -0.107. The molecule has 1 aromatic carbocycles. The SMILES string of the molecule is CC(C)(CCCCCc1cc(CCCCCC2(C(=O)O)CC2)c(O)c(O)c1O)C(=O)O. The summed E-state index contributed by atoms with van der Waals surface area (Å²) in [6.45, 7) is 3.41. The van der Waals surface area contributed by atoms with Crippen molar-refractivity contribution in [3.8, 4) is 17.2 Å². The molecule has 0 aromatic heterocycles. The zero-order chi connectivity index (χ0) is 23.2. The lowest BCUT2D eigenvalue weighted by atomic mass is 9.87. The van der Waals surface area contributed by atoms with Gasteiger partial charge in [-0.2, -0.15) is 0 Å². The van der Waals surface area contributed by atoms with Crippen LogP contribution in [0.5, 0.6) is 17.2 Å². The highest BCUT2D eigenvalue weighted by molar-refractivity contribution is 5.77. The Kier molecular flexibility index (Phi) is 8.21. The molecule has 0 spiro atoms. The second kappa shape index (κ2) is 10.2. The molecule has 31 heavy (non-hydrogen) atoms. The van der Waals surface area contributed by atoms with Crippen LogP contribution >= 0.6 is 0 Å². The molecule has 1 aliphatic rings. The third-order valence-corrected chi connectivity index (χ3v) is 6.64. The lowest BCUT2D eigenvalue weighted by molar-refractivity contribution is -0.147. The topological polar surface area (TPSA) is 135 Å². The molecule has 5 N–H and O–H groups in total. The molecule has 2 rings (SSSR count). The summed E-state index contributed by atoms with van der Waals surface area (Å²) >= 11 is 0. The Labute approximate surface area is 183 Å². The molecule has 1 aliphatic carbocycles. The molecule has 7 nitrogen and oxygen atoms in total. The highest BCUT2D eigenvalue weighted by Gasteiger charge is 2.49. The molecule has 0 saturated heterocycles. The molecular formula is C24H36O7. The predicted octanol–water partition coefficient (Wildman–Crippen LogP) is 4.98. The normalized spacial score (nSPS) is 15.0. The fraction of sp³-hybridized carbons (Fsp3) is 0.667. The number of aromatic hydroxyl groups is 3. The molecule has 0 atom stereocenters. The Hall–Kier alpha value is -2.44. The van der Waals surface area contributed by atoms with E-state index in [0.717, 1.165) is 51.4 Å². The first kappa shape index (κ1) is 24.8. The maximum atomic E-state index is 11.2. The molecule has 0 radical (unpaired) electrons. The summed E-state index contributed by atoms with van der Waals surface area (Å²) in [6.07, 6.45) is 8.55. The van der Waals surface area contributed by atoms with Crippen molar-refractivity contribution in [1.29, 1.82) is 0 Å². The minimum absolute atomic E-state index is 0.298. The fourth-order valence-corrected chi connectivity index (χ4v) is 3.99. The Balaban J connectivity index is 1.82. The van der Waals surface area contributed by atoms with E-state index in [1.54, 1.807) is 19.9 Å². The standard InChI is InChI=1S/C24H36O7/c1-23(2,21(28)29)11-7-3-5-9-16-15-17(19(26)20(27)18(16)25)10-6-4-8-12-24(13-14-24)22(30)31/h15,25-27H,3-14H2,1-2H3,(H,28,29)(H,30,31). The molecule has 1 aromatic rings. The van der Waals surface area contributed by atoms with Gasteiger partial charge in [-0.15, -0.1) is 0 Å². The van der Waals surface area contributed by atoms with Crippen LogP contribution < -0.4 is 0 Å². The third kappa shape index (κ3) is 6.52. The number of rotatable bonds is 14. The van der Waals surface area contributed by atoms with Crippen LogP contribution in [0.3, 0.4) is 0 Å². The quantitative estimate of drug-likeness (QED) is 0.205. The average molecular weight is 437 g/mol. The first-order valence-electron chi connectivity index (χ1n) is 11.2. The van der Waals surface area contributed by atoms with Crippen molar-refractivity contribution < 1.29 is 35.1 Å². The van der Waals surface area contributed by atoms with E-state index in [9.17, 15) is 30.0 Å². The van der Waals surface area contributed by atoms with Gasteiger partial charge in [-0.3, -0.25) is 9.59 Å². The van der Waals surface area contributed by atoms with E-state index in [0.29, 0.717) is 36.8 Å². The maximum Gasteiger partial charge on any atom is 0.309 e. The van der Waals surface area contributed by atoms with Crippen molar-refractivity contribution in [3.05, 3.63) is 17.2 Å². The van der Waals surface area contributed by atoms with Crippen LogP contribution in [0.4, 0.5) is 0 Å². The van der Waals surface area contributed by atoms with Gasteiger partial charge in [-0.05, 0) is 82.4 Å². The largest absolute Gasteiger partial charge is 0.504 e. The molecule has 0 bridgehead atoms. The van der Waals surface area contributed by atoms with E-state index in [1.165, 1.54) is 0 Å². The summed E-state index contributed by atoms with van der Waals surface area (Å²) in [5, 5.41) is 48.8. The molecule has 174 valence electrons. The van der Waals surface area contributed by atoms with Crippen LogP contribution in [0.2, 0.25) is 0 Å². The first-order valence-corrected chi connectivity index (χ1v) is 11.2. The number of phenolic OH excluding ortho intramolecular Hbond substituents is 3. The summed E-state index contributed by atoms with van der Waals surface area (Å²) in [4.78, 5) is 22.4. The number of phenols is 3. The second-order valence-corrected chi connectivity index (χ2v) is 9.64. The number of aryl methyl sites for hydroxylation is 2. The van der Waals surface area contributed by atoms with Gasteiger partial charge < -0.3 is 25.5 Å². The zero-order valence-electron chi connectivity index (χ0n) is 18.6. The van der Waals surface area contributed by atoms with Gasteiger partial charge in [0.15, 0.2) is 11.5 Å². The molecule has 0 unspecified atom stereocenters. The van der Waals surface area contributed by atoms with Crippen molar-refractivity contribution in [1.82, 2.24) is 0 Å². The number of carbonyl (C=O) groups is 2. The van der Waals surface area contributed by atoms with Gasteiger partial charge in [0.2, 0.25) is 5.75 Å².